The molecule has 0 atom stereocenters. The Bertz CT molecular complexity index is 532. The molecule has 0 amide bonds. The molecule has 18 heavy (non-hydrogen) atoms. The summed E-state index contributed by atoms with van der Waals surface area (Å²) in [5, 5.41) is 0. The third-order valence-electron chi connectivity index (χ3n) is 2.63. The van der Waals surface area contributed by atoms with E-state index in [0.717, 1.165) is 5.56 Å². The Morgan fingerprint density at radius 1 is 1.33 bits per heavy atom. The van der Waals surface area contributed by atoms with Crippen LogP contribution in [0.4, 0.5) is 0 Å². The number of hydrogen-bond donors (Lipinski definition) is 0. The summed E-state index contributed by atoms with van der Waals surface area (Å²) in [6.45, 7) is 5.40. The van der Waals surface area contributed by atoms with E-state index in [1.807, 2.05) is 6.92 Å². The molecule has 0 bridgehead atoms. The van der Waals surface area contributed by atoms with Gasteiger partial charge < -0.3 is 0 Å². The highest BCUT2D eigenvalue weighted by Gasteiger charge is 2.20. The van der Waals surface area contributed by atoms with Gasteiger partial charge in [-0.2, -0.15) is 0 Å². The fraction of sp³-hybridized carbons (Fsp3) is 0.308. The highest BCUT2D eigenvalue weighted by atomic mass is 32.2. The van der Waals surface area contributed by atoms with Crippen molar-refractivity contribution in [2.45, 2.75) is 18.2 Å². The Labute approximate surface area is 108 Å². The van der Waals surface area contributed by atoms with Gasteiger partial charge in [0, 0.05) is 20.0 Å². The van der Waals surface area contributed by atoms with E-state index in [9.17, 15) is 13.2 Å². The number of hydrogen-bond acceptors (Lipinski definition) is 3. The molecule has 1 aromatic rings. The fourth-order valence-corrected chi connectivity index (χ4v) is 2.55. The molecule has 0 aliphatic heterocycles. The monoisotopic (exact) mass is 267 g/mol. The number of allylic oxidation sites excluding steroid dienone is 1. The minimum atomic E-state index is -3.51. The molecular formula is C13H17NO3S. The lowest BCUT2D eigenvalue weighted by Crippen LogP contribution is -2.29. The molecule has 0 saturated carbocycles. The normalized spacial score (nSPS) is 11.5. The van der Waals surface area contributed by atoms with Crippen molar-refractivity contribution < 1.29 is 13.2 Å². The molecule has 0 N–H and O–H groups in total. The molecule has 0 spiro atoms. The molecule has 5 heteroatoms. The maximum absolute atomic E-state index is 12.1. The predicted molar refractivity (Wildman–Crippen MR) is 70.8 cm³/mol. The standard InChI is InChI=1S/C13H17NO3S/c1-4-12(15)9-10-14(3)18(16,17)13-7-5-11(2)6-8-13/h4-8H,1,9-10H2,2-3H3. The maximum Gasteiger partial charge on any atom is 0.242 e. The van der Waals surface area contributed by atoms with E-state index in [0.29, 0.717) is 0 Å². The van der Waals surface area contributed by atoms with Crippen LogP contribution in [0.5, 0.6) is 0 Å². The Balaban J connectivity index is 2.83. The Morgan fingerprint density at radius 3 is 2.39 bits per heavy atom. The second-order valence-electron chi connectivity index (χ2n) is 4.06. The molecule has 4 nitrogen and oxygen atoms in total. The maximum atomic E-state index is 12.1. The fourth-order valence-electron chi connectivity index (χ4n) is 1.38. The molecule has 0 aromatic heterocycles. The first-order valence-corrected chi connectivity index (χ1v) is 7.00. The third-order valence-corrected chi connectivity index (χ3v) is 4.50. The van der Waals surface area contributed by atoms with Gasteiger partial charge in [-0.05, 0) is 25.1 Å². The van der Waals surface area contributed by atoms with Crippen molar-refractivity contribution in [3.63, 3.8) is 0 Å². The van der Waals surface area contributed by atoms with E-state index in [1.54, 1.807) is 24.3 Å². The molecule has 1 aromatic carbocycles. The van der Waals surface area contributed by atoms with Crippen molar-refractivity contribution >= 4 is 15.8 Å². The number of rotatable bonds is 6. The van der Waals surface area contributed by atoms with Gasteiger partial charge >= 0.3 is 0 Å². The number of sulfonamides is 1. The molecule has 0 fully saturated rings. The van der Waals surface area contributed by atoms with Crippen LogP contribution >= 0.6 is 0 Å². The average molecular weight is 267 g/mol. The zero-order valence-corrected chi connectivity index (χ0v) is 11.4. The smallest absolute Gasteiger partial charge is 0.242 e. The largest absolute Gasteiger partial charge is 0.295 e. The van der Waals surface area contributed by atoms with Gasteiger partial charge in [-0.25, -0.2) is 12.7 Å². The molecule has 0 radical (unpaired) electrons. The zero-order valence-electron chi connectivity index (χ0n) is 10.6. The first-order chi connectivity index (χ1) is 8.37. The first kappa shape index (κ1) is 14.6. The number of carbonyl (C=O) groups excluding carboxylic acids is 1. The van der Waals surface area contributed by atoms with Crippen molar-refractivity contribution in [3.8, 4) is 0 Å². The summed E-state index contributed by atoms with van der Waals surface area (Å²) in [5.41, 5.74) is 0.999. The molecule has 1 rings (SSSR count). The van der Waals surface area contributed by atoms with Gasteiger partial charge in [-0.3, -0.25) is 4.79 Å². The van der Waals surface area contributed by atoms with E-state index in [1.165, 1.54) is 17.4 Å². The number of benzene rings is 1. The van der Waals surface area contributed by atoms with Crippen molar-refractivity contribution in [1.82, 2.24) is 4.31 Å². The van der Waals surface area contributed by atoms with Crippen LogP contribution in [0, 0.1) is 6.92 Å². The van der Waals surface area contributed by atoms with Gasteiger partial charge in [0.1, 0.15) is 0 Å². The second kappa shape index (κ2) is 5.93. The summed E-state index contributed by atoms with van der Waals surface area (Å²) in [6, 6.07) is 6.62. The van der Waals surface area contributed by atoms with Crippen molar-refractivity contribution in [3.05, 3.63) is 42.5 Å². The topological polar surface area (TPSA) is 54.5 Å². The van der Waals surface area contributed by atoms with Crippen LogP contribution < -0.4 is 0 Å². The number of ketones is 1. The van der Waals surface area contributed by atoms with Crippen molar-refractivity contribution in [1.29, 1.82) is 0 Å². The second-order valence-corrected chi connectivity index (χ2v) is 6.10. The van der Waals surface area contributed by atoms with Gasteiger partial charge in [-0.15, -0.1) is 0 Å². The van der Waals surface area contributed by atoms with Crippen LogP contribution in [0.3, 0.4) is 0 Å². The highest BCUT2D eigenvalue weighted by Crippen LogP contribution is 2.15. The zero-order chi connectivity index (χ0) is 13.8. The summed E-state index contributed by atoms with van der Waals surface area (Å²) < 4.78 is 25.4. The van der Waals surface area contributed by atoms with Crippen molar-refractivity contribution in [2.75, 3.05) is 13.6 Å². The lowest BCUT2D eigenvalue weighted by molar-refractivity contribution is -0.114. The average Bonchev–Trinajstić information content (AvgIpc) is 2.35. The van der Waals surface area contributed by atoms with Gasteiger partial charge in [0.25, 0.3) is 0 Å². The molecular weight excluding hydrogens is 250 g/mol. The number of carbonyl (C=O) groups is 1. The van der Waals surface area contributed by atoms with Gasteiger partial charge in [-0.1, -0.05) is 24.3 Å². The summed E-state index contributed by atoms with van der Waals surface area (Å²) in [5.74, 6) is -0.166. The lowest BCUT2D eigenvalue weighted by atomic mass is 10.2. The number of aryl methyl sites for hydroxylation is 1. The van der Waals surface area contributed by atoms with Crippen LogP contribution in [-0.4, -0.2) is 32.1 Å². The molecule has 0 unspecified atom stereocenters. The summed E-state index contributed by atoms with van der Waals surface area (Å²) in [6.07, 6.45) is 1.34. The van der Waals surface area contributed by atoms with Gasteiger partial charge in [0.15, 0.2) is 5.78 Å². The van der Waals surface area contributed by atoms with Crippen molar-refractivity contribution in [2.24, 2.45) is 0 Å². The van der Waals surface area contributed by atoms with Gasteiger partial charge in [0.05, 0.1) is 4.90 Å². The van der Waals surface area contributed by atoms with Crippen LogP contribution in [0.2, 0.25) is 0 Å². The van der Waals surface area contributed by atoms with Crippen LogP contribution in [0.15, 0.2) is 41.8 Å². The summed E-state index contributed by atoms with van der Waals surface area (Å²) in [4.78, 5) is 11.3. The highest BCUT2D eigenvalue weighted by molar-refractivity contribution is 7.89. The third kappa shape index (κ3) is 3.51. The summed E-state index contributed by atoms with van der Waals surface area (Å²) in [7, 11) is -2.05. The molecule has 0 saturated heterocycles. The van der Waals surface area contributed by atoms with E-state index in [-0.39, 0.29) is 23.6 Å². The first-order valence-electron chi connectivity index (χ1n) is 5.56. The Hall–Kier alpha value is -1.46. The SMILES string of the molecule is C=CC(=O)CCN(C)S(=O)(=O)c1ccc(C)cc1. The van der Waals surface area contributed by atoms with E-state index >= 15 is 0 Å². The quantitative estimate of drug-likeness (QED) is 0.738. The minimum Gasteiger partial charge on any atom is -0.295 e. The Morgan fingerprint density at radius 2 is 1.89 bits per heavy atom. The predicted octanol–water partition coefficient (Wildman–Crippen LogP) is 1.76. The van der Waals surface area contributed by atoms with Crippen LogP contribution in [0.1, 0.15) is 12.0 Å². The van der Waals surface area contributed by atoms with E-state index in [4.69, 9.17) is 0 Å². The molecule has 98 valence electrons. The van der Waals surface area contributed by atoms with E-state index < -0.39 is 10.0 Å². The number of nitrogens with zero attached hydrogens (tertiary/aromatic N) is 1. The Kier molecular flexibility index (Phi) is 4.81. The summed E-state index contributed by atoms with van der Waals surface area (Å²) >= 11 is 0. The minimum absolute atomic E-state index is 0.144. The molecule has 0 aliphatic rings. The molecule has 0 heterocycles. The van der Waals surface area contributed by atoms with Gasteiger partial charge in [0.2, 0.25) is 10.0 Å². The van der Waals surface area contributed by atoms with E-state index in [2.05, 4.69) is 6.58 Å². The molecule has 0 aliphatic carbocycles. The lowest BCUT2D eigenvalue weighted by Gasteiger charge is -2.16. The van der Waals surface area contributed by atoms with Crippen LogP contribution in [-0.2, 0) is 14.8 Å². The van der Waals surface area contributed by atoms with Crippen LogP contribution in [0.25, 0.3) is 0 Å².